The zero-order chi connectivity index (χ0) is 11.7. The molecule has 2 aromatic rings. The van der Waals surface area contributed by atoms with Crippen molar-refractivity contribution in [2.45, 2.75) is 25.7 Å². The fourth-order valence-corrected chi connectivity index (χ4v) is 2.97. The van der Waals surface area contributed by atoms with E-state index in [0.29, 0.717) is 5.92 Å². The van der Waals surface area contributed by atoms with Gasteiger partial charge in [-0.05, 0) is 25.8 Å². The van der Waals surface area contributed by atoms with Crippen LogP contribution in [0, 0.1) is 6.92 Å². The molecule has 0 atom stereocenters. The van der Waals surface area contributed by atoms with Crippen molar-refractivity contribution < 1.29 is 4.74 Å². The Morgan fingerprint density at radius 3 is 2.94 bits per heavy atom. The zero-order valence-corrected chi connectivity index (χ0v) is 10.6. The minimum absolute atomic E-state index is 0.564. The number of aryl methyl sites for hydroxylation is 1. The number of aromatic amines is 1. The molecule has 0 amide bonds. The van der Waals surface area contributed by atoms with Crippen LogP contribution in [0.3, 0.4) is 0 Å². The van der Waals surface area contributed by atoms with Gasteiger partial charge in [0.2, 0.25) is 0 Å². The molecule has 2 aromatic heterocycles. The van der Waals surface area contributed by atoms with Gasteiger partial charge in [-0.2, -0.15) is 5.10 Å². The summed E-state index contributed by atoms with van der Waals surface area (Å²) in [6.45, 7) is 3.72. The number of aromatic nitrogens is 3. The van der Waals surface area contributed by atoms with Crippen LogP contribution in [0.2, 0.25) is 0 Å². The molecule has 0 saturated carbocycles. The summed E-state index contributed by atoms with van der Waals surface area (Å²) in [6, 6.07) is 2.03. The molecule has 0 bridgehead atoms. The van der Waals surface area contributed by atoms with Crippen LogP contribution in [0.15, 0.2) is 11.4 Å². The van der Waals surface area contributed by atoms with Gasteiger partial charge in [0, 0.05) is 30.2 Å². The van der Waals surface area contributed by atoms with Crippen molar-refractivity contribution in [2.24, 2.45) is 0 Å². The van der Waals surface area contributed by atoms with Gasteiger partial charge in [-0.15, -0.1) is 11.3 Å². The van der Waals surface area contributed by atoms with E-state index in [0.717, 1.165) is 42.5 Å². The lowest BCUT2D eigenvalue weighted by molar-refractivity contribution is 0.0846. The Hall–Kier alpha value is -1.20. The van der Waals surface area contributed by atoms with Crippen molar-refractivity contribution in [3.8, 4) is 10.7 Å². The van der Waals surface area contributed by atoms with Gasteiger partial charge in [0.15, 0.2) is 0 Å². The Kier molecular flexibility index (Phi) is 2.94. The molecule has 1 aliphatic rings. The van der Waals surface area contributed by atoms with Gasteiger partial charge in [-0.3, -0.25) is 5.10 Å². The molecular weight excluding hydrogens is 234 g/mol. The molecule has 1 saturated heterocycles. The van der Waals surface area contributed by atoms with Crippen LogP contribution in [0.1, 0.15) is 30.1 Å². The first-order valence-corrected chi connectivity index (χ1v) is 6.76. The average Bonchev–Trinajstić information content (AvgIpc) is 2.98. The van der Waals surface area contributed by atoms with Crippen molar-refractivity contribution >= 4 is 11.3 Å². The zero-order valence-electron chi connectivity index (χ0n) is 9.77. The molecule has 17 heavy (non-hydrogen) atoms. The summed E-state index contributed by atoms with van der Waals surface area (Å²) in [7, 11) is 0. The number of nitrogens with one attached hydrogen (secondary N) is 1. The van der Waals surface area contributed by atoms with Crippen LogP contribution in [-0.2, 0) is 4.74 Å². The lowest BCUT2D eigenvalue weighted by atomic mass is 9.98. The Morgan fingerprint density at radius 1 is 1.41 bits per heavy atom. The highest BCUT2D eigenvalue weighted by molar-refractivity contribution is 7.13. The molecule has 90 valence electrons. The molecule has 1 N–H and O–H groups in total. The summed E-state index contributed by atoms with van der Waals surface area (Å²) < 4.78 is 5.37. The minimum atomic E-state index is 0.564. The molecule has 0 unspecified atom stereocenters. The van der Waals surface area contributed by atoms with Gasteiger partial charge in [0.05, 0.1) is 5.69 Å². The van der Waals surface area contributed by atoms with Crippen molar-refractivity contribution in [3.05, 3.63) is 22.8 Å². The molecule has 4 nitrogen and oxygen atoms in total. The third-order valence-corrected chi connectivity index (χ3v) is 3.97. The maximum atomic E-state index is 5.37. The number of hydrogen-bond acceptors (Lipinski definition) is 4. The molecule has 1 fully saturated rings. The van der Waals surface area contributed by atoms with Crippen molar-refractivity contribution in [3.63, 3.8) is 0 Å². The predicted octanol–water partition coefficient (Wildman–Crippen LogP) is 2.74. The van der Waals surface area contributed by atoms with E-state index in [9.17, 15) is 0 Å². The van der Waals surface area contributed by atoms with Gasteiger partial charge in [-0.1, -0.05) is 0 Å². The molecule has 3 rings (SSSR count). The Bertz CT molecular complexity index is 499. The van der Waals surface area contributed by atoms with Crippen LogP contribution in [0.5, 0.6) is 0 Å². The Labute approximate surface area is 104 Å². The smallest absolute Gasteiger partial charge is 0.144 e. The van der Waals surface area contributed by atoms with Crippen LogP contribution in [0.4, 0.5) is 0 Å². The second kappa shape index (κ2) is 4.58. The monoisotopic (exact) mass is 249 g/mol. The fraction of sp³-hybridized carbons (Fsp3) is 0.500. The Balaban J connectivity index is 1.82. The maximum absolute atomic E-state index is 5.37. The first-order chi connectivity index (χ1) is 8.33. The largest absolute Gasteiger partial charge is 0.381 e. The van der Waals surface area contributed by atoms with Gasteiger partial charge in [0.1, 0.15) is 10.7 Å². The minimum Gasteiger partial charge on any atom is -0.381 e. The standard InChI is InChI=1S/C12H15N3OS/c1-8-6-10(15-14-8)12-13-11(7-17-12)9-2-4-16-5-3-9/h6-7,9H,2-5H2,1H3,(H,14,15). The summed E-state index contributed by atoms with van der Waals surface area (Å²) in [6.07, 6.45) is 2.17. The second-order valence-electron chi connectivity index (χ2n) is 4.40. The highest BCUT2D eigenvalue weighted by Crippen LogP contribution is 2.31. The third-order valence-electron chi connectivity index (χ3n) is 3.09. The first-order valence-electron chi connectivity index (χ1n) is 5.88. The topological polar surface area (TPSA) is 50.8 Å². The molecular formula is C12H15N3OS. The molecule has 3 heterocycles. The Morgan fingerprint density at radius 2 is 2.24 bits per heavy atom. The molecule has 0 radical (unpaired) electrons. The molecule has 0 aliphatic carbocycles. The number of thiazole rings is 1. The number of rotatable bonds is 2. The van der Waals surface area contributed by atoms with E-state index >= 15 is 0 Å². The lowest BCUT2D eigenvalue weighted by Crippen LogP contribution is -2.14. The van der Waals surface area contributed by atoms with Gasteiger partial charge < -0.3 is 4.74 Å². The van der Waals surface area contributed by atoms with E-state index in [4.69, 9.17) is 9.72 Å². The second-order valence-corrected chi connectivity index (χ2v) is 5.26. The van der Waals surface area contributed by atoms with Crippen LogP contribution in [-0.4, -0.2) is 28.4 Å². The summed E-state index contributed by atoms with van der Waals surface area (Å²) in [5.41, 5.74) is 3.22. The molecule has 1 aliphatic heterocycles. The van der Waals surface area contributed by atoms with Crippen molar-refractivity contribution in [1.29, 1.82) is 0 Å². The van der Waals surface area contributed by atoms with E-state index in [2.05, 4.69) is 15.6 Å². The average molecular weight is 249 g/mol. The van der Waals surface area contributed by atoms with E-state index in [1.54, 1.807) is 11.3 Å². The highest BCUT2D eigenvalue weighted by atomic mass is 32.1. The van der Waals surface area contributed by atoms with Crippen molar-refractivity contribution in [2.75, 3.05) is 13.2 Å². The predicted molar refractivity (Wildman–Crippen MR) is 67.2 cm³/mol. The van der Waals surface area contributed by atoms with Gasteiger partial charge in [-0.25, -0.2) is 4.98 Å². The molecule has 0 spiro atoms. The van der Waals surface area contributed by atoms with Crippen molar-refractivity contribution in [1.82, 2.24) is 15.2 Å². The third kappa shape index (κ3) is 2.25. The number of hydrogen-bond donors (Lipinski definition) is 1. The first kappa shape index (κ1) is 10.9. The SMILES string of the molecule is Cc1cc(-c2nc(C3CCOCC3)cs2)n[nH]1. The molecule has 0 aromatic carbocycles. The lowest BCUT2D eigenvalue weighted by Gasteiger charge is -2.19. The van der Waals surface area contributed by atoms with Crippen LogP contribution < -0.4 is 0 Å². The fourth-order valence-electron chi connectivity index (χ4n) is 2.11. The van der Waals surface area contributed by atoms with Gasteiger partial charge in [0.25, 0.3) is 0 Å². The maximum Gasteiger partial charge on any atom is 0.144 e. The molecule has 5 heteroatoms. The highest BCUT2D eigenvalue weighted by Gasteiger charge is 2.19. The normalized spacial score (nSPS) is 17.5. The summed E-state index contributed by atoms with van der Waals surface area (Å²) in [5, 5.41) is 10.4. The van der Waals surface area contributed by atoms with E-state index in [1.807, 2.05) is 13.0 Å². The van der Waals surface area contributed by atoms with Crippen LogP contribution in [0.25, 0.3) is 10.7 Å². The van der Waals surface area contributed by atoms with Crippen LogP contribution >= 0.6 is 11.3 Å². The van der Waals surface area contributed by atoms with E-state index in [1.165, 1.54) is 5.69 Å². The van der Waals surface area contributed by atoms with E-state index < -0.39 is 0 Å². The quantitative estimate of drug-likeness (QED) is 0.890. The summed E-state index contributed by atoms with van der Waals surface area (Å²) >= 11 is 1.68. The number of ether oxygens (including phenoxy) is 1. The van der Waals surface area contributed by atoms with Gasteiger partial charge >= 0.3 is 0 Å². The van der Waals surface area contributed by atoms with E-state index in [-0.39, 0.29) is 0 Å². The number of H-pyrrole nitrogens is 1. The summed E-state index contributed by atoms with van der Waals surface area (Å²) in [5.74, 6) is 0.564. The number of nitrogens with zero attached hydrogens (tertiary/aromatic N) is 2. The summed E-state index contributed by atoms with van der Waals surface area (Å²) in [4.78, 5) is 4.70.